The Morgan fingerprint density at radius 1 is 1.17 bits per heavy atom. The molecular formula is C22H25NO6. The van der Waals surface area contributed by atoms with E-state index < -0.39 is 24.5 Å². The second-order valence-electron chi connectivity index (χ2n) is 7.00. The first-order valence-corrected chi connectivity index (χ1v) is 9.46. The number of anilines is 1. The zero-order valence-electron chi connectivity index (χ0n) is 16.5. The van der Waals surface area contributed by atoms with Crippen LogP contribution in [-0.4, -0.2) is 49.2 Å². The number of ether oxygens (including phenoxy) is 3. The van der Waals surface area contributed by atoms with Gasteiger partial charge in [-0.05, 0) is 42.8 Å². The minimum absolute atomic E-state index is 0.0295. The third-order valence-corrected chi connectivity index (χ3v) is 4.75. The highest BCUT2D eigenvalue weighted by Gasteiger charge is 2.29. The maximum absolute atomic E-state index is 12.4. The molecule has 1 saturated heterocycles. The van der Waals surface area contributed by atoms with Crippen LogP contribution in [0, 0.1) is 6.92 Å². The number of rotatable bonds is 6. The van der Waals surface area contributed by atoms with E-state index in [1.165, 1.54) is 7.11 Å². The van der Waals surface area contributed by atoms with Crippen LogP contribution in [0.15, 0.2) is 48.5 Å². The van der Waals surface area contributed by atoms with Gasteiger partial charge in [-0.25, -0.2) is 4.79 Å². The number of esters is 1. The number of amides is 1. The molecule has 29 heavy (non-hydrogen) atoms. The van der Waals surface area contributed by atoms with Gasteiger partial charge in [-0.2, -0.15) is 0 Å². The van der Waals surface area contributed by atoms with Crippen LogP contribution in [-0.2, 0) is 14.2 Å². The summed E-state index contributed by atoms with van der Waals surface area (Å²) in [4.78, 5) is 24.7. The second-order valence-corrected chi connectivity index (χ2v) is 7.00. The monoisotopic (exact) mass is 399 g/mol. The summed E-state index contributed by atoms with van der Waals surface area (Å²) in [7, 11) is 1.51. The summed E-state index contributed by atoms with van der Waals surface area (Å²) in [5.74, 6) is -0.706. The summed E-state index contributed by atoms with van der Waals surface area (Å²) in [6, 6.07) is 13.9. The molecule has 154 valence electrons. The van der Waals surface area contributed by atoms with E-state index in [-0.39, 0.29) is 12.5 Å². The molecule has 2 aromatic carbocycles. The van der Waals surface area contributed by atoms with Crippen LogP contribution in [0.5, 0.6) is 0 Å². The Balaban J connectivity index is 1.58. The molecule has 1 heterocycles. The fraction of sp³-hybridized carbons (Fsp3) is 0.364. The third-order valence-electron chi connectivity index (χ3n) is 4.75. The lowest BCUT2D eigenvalue weighted by Crippen LogP contribution is -2.39. The largest absolute Gasteiger partial charge is 0.459 e. The Labute approximate surface area is 169 Å². The first-order chi connectivity index (χ1) is 14.0. The van der Waals surface area contributed by atoms with E-state index >= 15 is 0 Å². The molecule has 1 aliphatic heterocycles. The summed E-state index contributed by atoms with van der Waals surface area (Å²) in [5.41, 5.74) is 2.23. The quantitative estimate of drug-likeness (QED) is 0.726. The van der Waals surface area contributed by atoms with Gasteiger partial charge in [-0.3, -0.25) is 4.79 Å². The van der Waals surface area contributed by atoms with E-state index in [0.29, 0.717) is 35.2 Å². The summed E-state index contributed by atoms with van der Waals surface area (Å²) in [6.45, 7) is 1.80. The number of carbonyl (C=O) groups excluding carboxylic acids is 2. The van der Waals surface area contributed by atoms with Crippen molar-refractivity contribution in [3.8, 4) is 0 Å². The number of aliphatic hydroxyl groups excluding tert-OH is 1. The zero-order valence-corrected chi connectivity index (χ0v) is 16.5. The molecule has 3 atom stereocenters. The number of hydrogen-bond acceptors (Lipinski definition) is 6. The Bertz CT molecular complexity index is 854. The summed E-state index contributed by atoms with van der Waals surface area (Å²) in [5, 5.41) is 12.7. The number of aryl methyl sites for hydroxylation is 1. The Morgan fingerprint density at radius 3 is 2.62 bits per heavy atom. The average Bonchev–Trinajstić information content (AvgIpc) is 2.72. The predicted octanol–water partition coefficient (Wildman–Crippen LogP) is 2.92. The van der Waals surface area contributed by atoms with E-state index in [4.69, 9.17) is 14.2 Å². The summed E-state index contributed by atoms with van der Waals surface area (Å²) in [6.07, 6.45) is -0.687. The van der Waals surface area contributed by atoms with Crippen LogP contribution < -0.4 is 5.32 Å². The molecule has 0 saturated carbocycles. The molecule has 0 aromatic heterocycles. The number of benzene rings is 2. The molecular weight excluding hydrogens is 374 g/mol. The van der Waals surface area contributed by atoms with Crippen molar-refractivity contribution in [2.45, 2.75) is 38.3 Å². The van der Waals surface area contributed by atoms with E-state index in [1.807, 2.05) is 6.07 Å². The molecule has 2 aromatic rings. The standard InChI is InChI=1S/C22H25NO6/c1-14-10-16(23-21(25)15-6-4-3-5-7-15)8-9-19(14)22(26)28-13-18-11-17(24)12-20(27-2)29-18/h3-10,17-18,20,24H,11-13H2,1-2H3,(H,23,25). The smallest absolute Gasteiger partial charge is 0.338 e. The minimum Gasteiger partial charge on any atom is -0.459 e. The van der Waals surface area contributed by atoms with Gasteiger partial charge in [0.05, 0.1) is 17.8 Å². The zero-order chi connectivity index (χ0) is 20.8. The molecule has 3 rings (SSSR count). The van der Waals surface area contributed by atoms with Crippen molar-refractivity contribution < 1.29 is 28.9 Å². The molecule has 2 N–H and O–H groups in total. The van der Waals surface area contributed by atoms with Crippen molar-refractivity contribution in [2.75, 3.05) is 19.0 Å². The van der Waals surface area contributed by atoms with E-state index in [9.17, 15) is 14.7 Å². The summed E-state index contributed by atoms with van der Waals surface area (Å²) >= 11 is 0. The number of carbonyl (C=O) groups is 2. The lowest BCUT2D eigenvalue weighted by molar-refractivity contribution is -0.210. The van der Waals surface area contributed by atoms with Crippen LogP contribution in [0.3, 0.4) is 0 Å². The number of aliphatic hydroxyl groups is 1. The van der Waals surface area contributed by atoms with Gasteiger partial charge in [-0.1, -0.05) is 18.2 Å². The maximum atomic E-state index is 12.4. The third kappa shape index (κ3) is 5.63. The first-order valence-electron chi connectivity index (χ1n) is 9.46. The Hall–Kier alpha value is -2.74. The average molecular weight is 399 g/mol. The van der Waals surface area contributed by atoms with Crippen LogP contribution >= 0.6 is 0 Å². The molecule has 0 aliphatic carbocycles. The fourth-order valence-electron chi connectivity index (χ4n) is 3.22. The topological polar surface area (TPSA) is 94.1 Å². The minimum atomic E-state index is -0.549. The maximum Gasteiger partial charge on any atom is 0.338 e. The van der Waals surface area contributed by atoms with E-state index in [0.717, 1.165) is 0 Å². The van der Waals surface area contributed by atoms with Gasteiger partial charge in [0.15, 0.2) is 6.29 Å². The van der Waals surface area contributed by atoms with E-state index in [1.54, 1.807) is 49.4 Å². The summed E-state index contributed by atoms with van der Waals surface area (Å²) < 4.78 is 16.1. The Kier molecular flexibility index (Phi) is 6.98. The molecule has 1 amide bonds. The van der Waals surface area contributed by atoms with Crippen molar-refractivity contribution in [2.24, 2.45) is 0 Å². The van der Waals surface area contributed by atoms with Gasteiger partial charge in [0, 0.05) is 31.2 Å². The predicted molar refractivity (Wildman–Crippen MR) is 107 cm³/mol. The molecule has 3 unspecified atom stereocenters. The highest BCUT2D eigenvalue weighted by molar-refractivity contribution is 6.04. The van der Waals surface area contributed by atoms with Crippen molar-refractivity contribution in [3.63, 3.8) is 0 Å². The molecule has 0 spiro atoms. The highest BCUT2D eigenvalue weighted by atomic mass is 16.7. The van der Waals surface area contributed by atoms with Gasteiger partial charge >= 0.3 is 5.97 Å². The van der Waals surface area contributed by atoms with Gasteiger partial charge in [-0.15, -0.1) is 0 Å². The number of hydrogen-bond donors (Lipinski definition) is 2. The van der Waals surface area contributed by atoms with Gasteiger partial charge < -0.3 is 24.6 Å². The highest BCUT2D eigenvalue weighted by Crippen LogP contribution is 2.22. The van der Waals surface area contributed by atoms with Crippen LogP contribution in [0.4, 0.5) is 5.69 Å². The molecule has 0 radical (unpaired) electrons. The van der Waals surface area contributed by atoms with Crippen LogP contribution in [0.2, 0.25) is 0 Å². The van der Waals surface area contributed by atoms with Gasteiger partial charge in [0.25, 0.3) is 5.91 Å². The van der Waals surface area contributed by atoms with Crippen LogP contribution in [0.1, 0.15) is 39.1 Å². The number of nitrogens with one attached hydrogen (secondary N) is 1. The molecule has 7 nitrogen and oxygen atoms in total. The second kappa shape index (κ2) is 9.65. The molecule has 1 aliphatic rings. The SMILES string of the molecule is COC1CC(O)CC(COC(=O)c2ccc(NC(=O)c3ccccc3)cc2C)O1. The number of methoxy groups -OCH3 is 1. The van der Waals surface area contributed by atoms with Crippen molar-refractivity contribution in [3.05, 3.63) is 65.2 Å². The van der Waals surface area contributed by atoms with Crippen molar-refractivity contribution >= 4 is 17.6 Å². The first kappa shape index (κ1) is 21.0. The lowest BCUT2D eigenvalue weighted by Gasteiger charge is -2.31. The Morgan fingerprint density at radius 2 is 1.93 bits per heavy atom. The fourth-order valence-corrected chi connectivity index (χ4v) is 3.22. The van der Waals surface area contributed by atoms with Gasteiger partial charge in [0.1, 0.15) is 6.61 Å². The van der Waals surface area contributed by atoms with Gasteiger partial charge in [0.2, 0.25) is 0 Å². The molecule has 1 fully saturated rings. The van der Waals surface area contributed by atoms with Crippen LogP contribution in [0.25, 0.3) is 0 Å². The van der Waals surface area contributed by atoms with Crippen molar-refractivity contribution in [1.82, 2.24) is 0 Å². The lowest BCUT2D eigenvalue weighted by atomic mass is 10.1. The molecule has 0 bridgehead atoms. The van der Waals surface area contributed by atoms with E-state index in [2.05, 4.69) is 5.32 Å². The molecule has 7 heteroatoms. The normalized spacial score (nSPS) is 21.4. The van der Waals surface area contributed by atoms with Crippen molar-refractivity contribution in [1.29, 1.82) is 0 Å².